The fraction of sp³-hybridized carbons (Fsp3) is 0.467. The van der Waals surface area contributed by atoms with Crippen LogP contribution in [-0.4, -0.2) is 0 Å². The Labute approximate surface area is 205 Å². The number of halogens is 2. The molecule has 1 aliphatic carbocycles. The van der Waals surface area contributed by atoms with Crippen LogP contribution in [0.5, 0.6) is 0 Å². The number of hydrogen-bond donors (Lipinski definition) is 2. The lowest BCUT2D eigenvalue weighted by Crippen LogP contribution is -2.35. The van der Waals surface area contributed by atoms with Crippen LogP contribution in [0.25, 0.3) is 11.3 Å². The molecule has 2 nitrogen and oxygen atoms in total. The molecule has 0 aliphatic heterocycles. The smallest absolute Gasteiger partial charge is 0.135 e. The molecule has 186 valence electrons. The lowest BCUT2D eigenvalue weighted by molar-refractivity contribution is 0.333. The summed E-state index contributed by atoms with van der Waals surface area (Å²) < 4.78 is 29.4. The molecule has 34 heavy (non-hydrogen) atoms. The van der Waals surface area contributed by atoms with Crippen LogP contribution in [-0.2, 0) is 10.8 Å². The third-order valence-corrected chi connectivity index (χ3v) is 6.98. The Bertz CT molecular complexity index is 1070. The Morgan fingerprint density at radius 3 is 2.06 bits per heavy atom. The summed E-state index contributed by atoms with van der Waals surface area (Å²) in [5.41, 5.74) is 13.0. The largest absolute Gasteiger partial charge is 0.398 e. The standard InChI is InChI=1S/C28H36F2N2.C2H6/c1-9-10-16(2)24-22(29)13-19(14-23(24)30)32-18(4)20-15-21-25(26(31)17(20)3)28(7,8)12-11-27(21,5)6;1-2/h13-15,32H,2,4,9-12,31H2,1,3,5-8H3;1-2H3. The van der Waals surface area contributed by atoms with Crippen LogP contribution < -0.4 is 11.1 Å². The predicted molar refractivity (Wildman–Crippen MR) is 145 cm³/mol. The normalized spacial score (nSPS) is 15.6. The Morgan fingerprint density at radius 2 is 1.53 bits per heavy atom. The van der Waals surface area contributed by atoms with E-state index in [1.165, 1.54) is 23.3 Å². The van der Waals surface area contributed by atoms with Gasteiger partial charge in [0.1, 0.15) is 11.6 Å². The fourth-order valence-electron chi connectivity index (χ4n) is 4.91. The second kappa shape index (κ2) is 10.3. The molecule has 0 heterocycles. The number of nitrogens with two attached hydrogens (primary N) is 1. The van der Waals surface area contributed by atoms with Gasteiger partial charge in [0, 0.05) is 28.2 Å². The van der Waals surface area contributed by atoms with Gasteiger partial charge in [-0.05, 0) is 77.5 Å². The van der Waals surface area contributed by atoms with Crippen LogP contribution >= 0.6 is 0 Å². The number of anilines is 2. The Hall–Kier alpha value is -2.62. The topological polar surface area (TPSA) is 38.0 Å². The summed E-state index contributed by atoms with van der Waals surface area (Å²) in [4.78, 5) is 0. The lowest BCUT2D eigenvalue weighted by atomic mass is 9.62. The van der Waals surface area contributed by atoms with Gasteiger partial charge in [0.15, 0.2) is 0 Å². The van der Waals surface area contributed by atoms with E-state index in [-0.39, 0.29) is 16.4 Å². The molecule has 1 aliphatic rings. The molecule has 0 radical (unpaired) electrons. The van der Waals surface area contributed by atoms with E-state index in [4.69, 9.17) is 5.73 Å². The molecule has 0 bridgehead atoms. The zero-order valence-electron chi connectivity index (χ0n) is 22.3. The van der Waals surface area contributed by atoms with Crippen molar-refractivity contribution >= 4 is 22.6 Å². The Balaban J connectivity index is 0.00000199. The average molecular weight is 469 g/mol. The van der Waals surface area contributed by atoms with Crippen LogP contribution in [0.1, 0.15) is 102 Å². The van der Waals surface area contributed by atoms with Gasteiger partial charge in [-0.1, -0.05) is 68.0 Å². The summed E-state index contributed by atoms with van der Waals surface area (Å²) in [5, 5.41) is 3.10. The molecule has 0 atom stereocenters. The molecular weight excluding hydrogens is 426 g/mol. The van der Waals surface area contributed by atoms with Gasteiger partial charge in [-0.3, -0.25) is 0 Å². The number of rotatable bonds is 6. The molecule has 3 N–H and O–H groups in total. The van der Waals surface area contributed by atoms with E-state index in [1.807, 2.05) is 27.7 Å². The van der Waals surface area contributed by atoms with E-state index in [0.717, 1.165) is 36.1 Å². The minimum Gasteiger partial charge on any atom is -0.398 e. The van der Waals surface area contributed by atoms with Crippen molar-refractivity contribution in [1.82, 2.24) is 0 Å². The molecule has 3 rings (SSSR count). The fourth-order valence-corrected chi connectivity index (χ4v) is 4.91. The maximum absolute atomic E-state index is 14.7. The molecule has 2 aromatic carbocycles. The van der Waals surface area contributed by atoms with Crippen LogP contribution in [0.4, 0.5) is 20.2 Å². The van der Waals surface area contributed by atoms with E-state index in [9.17, 15) is 8.78 Å². The summed E-state index contributed by atoms with van der Waals surface area (Å²) in [7, 11) is 0. The maximum atomic E-state index is 14.7. The molecular formula is C30H42F2N2. The van der Waals surface area contributed by atoms with Crippen LogP contribution in [0.15, 0.2) is 31.4 Å². The van der Waals surface area contributed by atoms with Crippen molar-refractivity contribution in [2.45, 2.75) is 91.9 Å². The number of nitrogens with one attached hydrogen (secondary N) is 1. The van der Waals surface area contributed by atoms with Crippen LogP contribution in [0, 0.1) is 18.6 Å². The molecule has 0 aromatic heterocycles. The van der Waals surface area contributed by atoms with E-state index in [2.05, 4.69) is 52.2 Å². The second-order valence-corrected chi connectivity index (χ2v) is 10.4. The predicted octanol–water partition coefficient (Wildman–Crippen LogP) is 9.13. The zero-order valence-corrected chi connectivity index (χ0v) is 22.3. The van der Waals surface area contributed by atoms with E-state index >= 15 is 0 Å². The van der Waals surface area contributed by atoms with Gasteiger partial charge < -0.3 is 11.1 Å². The summed E-state index contributed by atoms with van der Waals surface area (Å²) in [6, 6.07) is 4.75. The van der Waals surface area contributed by atoms with Crippen LogP contribution in [0.2, 0.25) is 0 Å². The molecule has 2 aromatic rings. The highest BCUT2D eigenvalue weighted by Gasteiger charge is 2.39. The quantitative estimate of drug-likeness (QED) is 0.415. The van der Waals surface area contributed by atoms with Crippen molar-refractivity contribution < 1.29 is 8.78 Å². The average Bonchev–Trinajstić information content (AvgIpc) is 2.74. The minimum atomic E-state index is -0.622. The summed E-state index contributed by atoms with van der Waals surface area (Å²) in [6.45, 7) is 24.9. The Kier molecular flexibility index (Phi) is 8.39. The van der Waals surface area contributed by atoms with E-state index in [0.29, 0.717) is 23.4 Å². The van der Waals surface area contributed by atoms with Gasteiger partial charge in [0.2, 0.25) is 0 Å². The van der Waals surface area contributed by atoms with Gasteiger partial charge in [-0.15, -0.1) is 0 Å². The van der Waals surface area contributed by atoms with Gasteiger partial charge in [-0.25, -0.2) is 8.78 Å². The van der Waals surface area contributed by atoms with Gasteiger partial charge in [0.05, 0.1) is 0 Å². The molecule has 0 fully saturated rings. The number of nitrogen functional groups attached to an aromatic ring is 1. The first-order chi connectivity index (χ1) is 15.8. The Morgan fingerprint density at radius 1 is 1.00 bits per heavy atom. The van der Waals surface area contributed by atoms with Crippen molar-refractivity contribution in [3.8, 4) is 0 Å². The molecule has 0 saturated heterocycles. The second-order valence-electron chi connectivity index (χ2n) is 10.4. The van der Waals surface area contributed by atoms with E-state index < -0.39 is 11.6 Å². The summed E-state index contributed by atoms with van der Waals surface area (Å²) >= 11 is 0. The first-order valence-electron chi connectivity index (χ1n) is 12.4. The first kappa shape index (κ1) is 27.6. The number of hydrogen-bond acceptors (Lipinski definition) is 2. The highest BCUT2D eigenvalue weighted by molar-refractivity contribution is 5.82. The van der Waals surface area contributed by atoms with Gasteiger partial charge in [-0.2, -0.15) is 0 Å². The molecule has 0 unspecified atom stereocenters. The van der Waals surface area contributed by atoms with Crippen LogP contribution in [0.3, 0.4) is 0 Å². The third-order valence-electron chi connectivity index (χ3n) is 6.98. The zero-order chi connectivity index (χ0) is 26.0. The van der Waals surface area contributed by atoms with Crippen molar-refractivity contribution in [2.24, 2.45) is 0 Å². The van der Waals surface area contributed by atoms with Crippen molar-refractivity contribution in [1.29, 1.82) is 0 Å². The minimum absolute atomic E-state index is 0.00401. The molecule has 0 amide bonds. The summed E-state index contributed by atoms with van der Waals surface area (Å²) in [5.74, 6) is -1.24. The third kappa shape index (κ3) is 5.21. The SMILES string of the molecule is C=C(Nc1cc(F)c(C(=C)CCC)c(F)c1)c1cc2c(c(N)c1C)C(C)(C)CCC2(C)C.CC. The van der Waals surface area contributed by atoms with Crippen molar-refractivity contribution in [2.75, 3.05) is 11.1 Å². The van der Waals surface area contributed by atoms with Crippen molar-refractivity contribution in [3.63, 3.8) is 0 Å². The first-order valence-corrected chi connectivity index (χ1v) is 12.4. The monoisotopic (exact) mass is 468 g/mol. The lowest BCUT2D eigenvalue weighted by Gasteiger charge is -2.43. The molecule has 0 spiro atoms. The highest BCUT2D eigenvalue weighted by Crippen LogP contribution is 2.50. The molecule has 4 heteroatoms. The number of benzene rings is 2. The number of fused-ring (bicyclic) bond motifs is 1. The maximum Gasteiger partial charge on any atom is 0.135 e. The van der Waals surface area contributed by atoms with Gasteiger partial charge in [0.25, 0.3) is 0 Å². The van der Waals surface area contributed by atoms with Crippen molar-refractivity contribution in [3.05, 3.63) is 70.8 Å². The highest BCUT2D eigenvalue weighted by atomic mass is 19.1. The number of allylic oxidation sites excluding steroid dienone is 1. The van der Waals surface area contributed by atoms with Gasteiger partial charge >= 0.3 is 0 Å². The van der Waals surface area contributed by atoms with E-state index in [1.54, 1.807) is 0 Å². The summed E-state index contributed by atoms with van der Waals surface area (Å²) in [6.07, 6.45) is 3.46. The molecule has 0 saturated carbocycles.